The number of ether oxygens (including phenoxy) is 2. The number of furan rings is 1. The highest BCUT2D eigenvalue weighted by Gasteiger charge is 2.30. The highest BCUT2D eigenvalue weighted by atomic mass is 32.1. The number of aromatic nitrogens is 3. The molecule has 0 amide bonds. The minimum Gasteiger partial charge on any atom is -0.497 e. The summed E-state index contributed by atoms with van der Waals surface area (Å²) in [6, 6.07) is 9.96. The van der Waals surface area contributed by atoms with Gasteiger partial charge in [0, 0.05) is 24.7 Å². The number of hydrogen-bond donors (Lipinski definition) is 0. The van der Waals surface area contributed by atoms with Crippen LogP contribution in [0.3, 0.4) is 0 Å². The van der Waals surface area contributed by atoms with Crippen LogP contribution in [0, 0.1) is 4.77 Å². The second kappa shape index (κ2) is 8.42. The van der Waals surface area contributed by atoms with Gasteiger partial charge in [-0.2, -0.15) is 0 Å². The van der Waals surface area contributed by atoms with E-state index in [1.807, 2.05) is 33.5 Å². The normalized spacial score (nSPS) is 17.0. The summed E-state index contributed by atoms with van der Waals surface area (Å²) in [4.78, 5) is 2.39. The molecular weight excluding hydrogens is 388 g/mol. The molecule has 0 unspecified atom stereocenters. The van der Waals surface area contributed by atoms with Crippen LogP contribution in [0.5, 0.6) is 11.5 Å². The van der Waals surface area contributed by atoms with Crippen molar-refractivity contribution in [1.82, 2.24) is 19.2 Å². The Balaban J connectivity index is 1.66. The fraction of sp³-hybridized carbons (Fsp3) is 0.429. The molecule has 0 spiro atoms. The third kappa shape index (κ3) is 3.70. The lowest BCUT2D eigenvalue weighted by Gasteiger charge is -2.26. The van der Waals surface area contributed by atoms with Gasteiger partial charge in [0.25, 0.3) is 0 Å². The topological polar surface area (TPSA) is 57.6 Å². The smallest absolute Gasteiger partial charge is 0.199 e. The molecule has 1 aliphatic rings. The largest absolute Gasteiger partial charge is 0.497 e. The van der Waals surface area contributed by atoms with Gasteiger partial charge >= 0.3 is 0 Å². The summed E-state index contributed by atoms with van der Waals surface area (Å²) < 4.78 is 21.2. The van der Waals surface area contributed by atoms with Gasteiger partial charge in [0.1, 0.15) is 11.5 Å². The maximum absolute atomic E-state index is 5.71. The van der Waals surface area contributed by atoms with Gasteiger partial charge in [0.05, 0.1) is 27.2 Å². The lowest BCUT2D eigenvalue weighted by atomic mass is 10.0. The summed E-state index contributed by atoms with van der Waals surface area (Å²) >= 11 is 5.71. The molecular formula is C21H26N4O3S. The zero-order chi connectivity index (χ0) is 20.4. The lowest BCUT2D eigenvalue weighted by Crippen LogP contribution is -2.27. The van der Waals surface area contributed by atoms with Crippen molar-refractivity contribution >= 4 is 12.2 Å². The van der Waals surface area contributed by atoms with Crippen molar-refractivity contribution in [2.24, 2.45) is 0 Å². The summed E-state index contributed by atoms with van der Waals surface area (Å²) in [6.45, 7) is 4.39. The van der Waals surface area contributed by atoms with Crippen molar-refractivity contribution in [2.75, 3.05) is 20.8 Å². The summed E-state index contributed by atoms with van der Waals surface area (Å²) in [5, 5.41) is 4.78. The van der Waals surface area contributed by atoms with Crippen molar-refractivity contribution in [3.63, 3.8) is 0 Å². The Morgan fingerprint density at radius 2 is 2.10 bits per heavy atom. The van der Waals surface area contributed by atoms with Crippen molar-refractivity contribution in [2.45, 2.75) is 39.0 Å². The molecule has 7 nitrogen and oxygen atoms in total. The third-order valence-corrected chi connectivity index (χ3v) is 5.89. The second-order valence-corrected chi connectivity index (χ2v) is 7.41. The number of benzene rings is 1. The molecule has 3 heterocycles. The minimum atomic E-state index is 0.223. The highest BCUT2D eigenvalue weighted by Crippen LogP contribution is 2.39. The van der Waals surface area contributed by atoms with Crippen LogP contribution in [0.15, 0.2) is 41.0 Å². The standard InChI is InChI=1S/C21H26N4O3S/c1-4-24-20(19-8-6-12-28-19)22-25(21(24)29)14-23-11-5-7-17(23)16-13-15(26-2)9-10-18(16)27-3/h6,8-10,12-13,17H,4-5,7,11,14H2,1-3H3/t17-/m1/s1. The average molecular weight is 415 g/mol. The Morgan fingerprint density at radius 1 is 1.24 bits per heavy atom. The maximum atomic E-state index is 5.71. The Morgan fingerprint density at radius 3 is 2.79 bits per heavy atom. The molecule has 1 saturated heterocycles. The Hall–Kier alpha value is -2.58. The molecule has 8 heteroatoms. The Kier molecular flexibility index (Phi) is 5.73. The van der Waals surface area contributed by atoms with Crippen LogP contribution in [0.4, 0.5) is 0 Å². The second-order valence-electron chi connectivity index (χ2n) is 7.05. The van der Waals surface area contributed by atoms with Crippen LogP contribution in [-0.2, 0) is 13.2 Å². The van der Waals surface area contributed by atoms with E-state index in [0.717, 1.165) is 54.6 Å². The van der Waals surface area contributed by atoms with Crippen LogP contribution in [-0.4, -0.2) is 40.0 Å². The fourth-order valence-electron chi connectivity index (χ4n) is 4.03. The average Bonchev–Trinajstić information content (AvgIpc) is 3.49. The van der Waals surface area contributed by atoms with Crippen molar-refractivity contribution in [3.8, 4) is 23.1 Å². The first kappa shape index (κ1) is 19.7. The first-order chi connectivity index (χ1) is 14.2. The van der Waals surface area contributed by atoms with Crippen LogP contribution in [0.25, 0.3) is 11.6 Å². The van der Waals surface area contributed by atoms with E-state index in [0.29, 0.717) is 11.4 Å². The van der Waals surface area contributed by atoms with Gasteiger partial charge in [0.2, 0.25) is 0 Å². The number of likely N-dealkylation sites (tertiary alicyclic amines) is 1. The summed E-state index contributed by atoms with van der Waals surface area (Å²) in [7, 11) is 3.39. The number of rotatable bonds is 7. The molecule has 1 aliphatic heterocycles. The van der Waals surface area contributed by atoms with Crippen molar-refractivity contribution in [1.29, 1.82) is 0 Å². The van der Waals surface area contributed by atoms with E-state index in [-0.39, 0.29) is 6.04 Å². The molecule has 1 fully saturated rings. The van der Waals surface area contributed by atoms with Crippen LogP contribution in [0.1, 0.15) is 31.4 Å². The van der Waals surface area contributed by atoms with E-state index >= 15 is 0 Å². The van der Waals surface area contributed by atoms with Gasteiger partial charge in [-0.1, -0.05) is 0 Å². The van der Waals surface area contributed by atoms with Crippen LogP contribution >= 0.6 is 12.2 Å². The van der Waals surface area contributed by atoms with Crippen LogP contribution < -0.4 is 9.47 Å². The Bertz CT molecular complexity index is 1030. The monoisotopic (exact) mass is 414 g/mol. The van der Waals surface area contributed by atoms with Gasteiger partial charge in [-0.05, 0) is 62.3 Å². The molecule has 0 aliphatic carbocycles. The van der Waals surface area contributed by atoms with Gasteiger partial charge in [-0.25, -0.2) is 4.68 Å². The molecule has 1 aromatic carbocycles. The molecule has 0 radical (unpaired) electrons. The summed E-state index contributed by atoms with van der Waals surface area (Å²) in [5.41, 5.74) is 1.14. The minimum absolute atomic E-state index is 0.223. The number of nitrogens with zero attached hydrogens (tertiary/aromatic N) is 4. The van der Waals surface area contributed by atoms with E-state index in [9.17, 15) is 0 Å². The molecule has 154 valence electrons. The molecule has 2 aromatic heterocycles. The predicted octanol–water partition coefficient (Wildman–Crippen LogP) is 4.51. The SMILES string of the molecule is CCn1c(-c2ccco2)nn(CN2CCC[C@@H]2c2cc(OC)ccc2OC)c1=S. The first-order valence-electron chi connectivity index (χ1n) is 9.83. The maximum Gasteiger partial charge on any atom is 0.199 e. The van der Waals surface area contributed by atoms with Gasteiger partial charge < -0.3 is 13.9 Å². The van der Waals surface area contributed by atoms with E-state index in [1.54, 1.807) is 20.5 Å². The predicted molar refractivity (Wildman–Crippen MR) is 113 cm³/mol. The number of methoxy groups -OCH3 is 2. The number of hydrogen-bond acceptors (Lipinski definition) is 6. The van der Waals surface area contributed by atoms with Crippen molar-refractivity contribution in [3.05, 3.63) is 46.9 Å². The molecule has 29 heavy (non-hydrogen) atoms. The quantitative estimate of drug-likeness (QED) is 0.531. The Labute approximate surface area is 175 Å². The molecule has 0 saturated carbocycles. The molecule has 0 N–H and O–H groups in total. The fourth-order valence-corrected chi connectivity index (χ4v) is 4.34. The molecule has 1 atom stereocenters. The summed E-state index contributed by atoms with van der Waals surface area (Å²) in [5.74, 6) is 3.20. The van der Waals surface area contributed by atoms with E-state index in [1.165, 1.54) is 0 Å². The lowest BCUT2D eigenvalue weighted by molar-refractivity contribution is 0.186. The summed E-state index contributed by atoms with van der Waals surface area (Å²) in [6.07, 6.45) is 3.82. The molecule has 0 bridgehead atoms. The zero-order valence-electron chi connectivity index (χ0n) is 17.0. The zero-order valence-corrected chi connectivity index (χ0v) is 17.8. The third-order valence-electron chi connectivity index (χ3n) is 5.46. The van der Waals surface area contributed by atoms with E-state index in [2.05, 4.69) is 17.9 Å². The van der Waals surface area contributed by atoms with Gasteiger partial charge in [0.15, 0.2) is 16.4 Å². The first-order valence-corrected chi connectivity index (χ1v) is 10.2. The molecule has 3 aromatic rings. The van der Waals surface area contributed by atoms with Crippen molar-refractivity contribution < 1.29 is 13.9 Å². The van der Waals surface area contributed by atoms with E-state index < -0.39 is 0 Å². The van der Waals surface area contributed by atoms with E-state index in [4.69, 9.17) is 31.2 Å². The highest BCUT2D eigenvalue weighted by molar-refractivity contribution is 7.71. The van der Waals surface area contributed by atoms with Gasteiger partial charge in [-0.3, -0.25) is 9.47 Å². The van der Waals surface area contributed by atoms with Crippen LogP contribution in [0.2, 0.25) is 0 Å². The van der Waals surface area contributed by atoms with Gasteiger partial charge in [-0.15, -0.1) is 5.10 Å². The molecule has 4 rings (SSSR count).